The largest absolute Gasteiger partial charge is 0.462 e. The van der Waals surface area contributed by atoms with Crippen LogP contribution in [-0.4, -0.2) is 16.2 Å². The Labute approximate surface area is 82.0 Å². The predicted octanol–water partition coefficient (Wildman–Crippen LogP) is 1.86. The summed E-state index contributed by atoms with van der Waals surface area (Å²) >= 11 is 0. The number of hydrogen-bond donors (Lipinski definition) is 0. The molecule has 0 saturated heterocycles. The van der Waals surface area contributed by atoms with Gasteiger partial charge in [0.1, 0.15) is 6.61 Å². The van der Waals surface area contributed by atoms with E-state index in [0.29, 0.717) is 6.61 Å². The zero-order chi connectivity index (χ0) is 9.38. The van der Waals surface area contributed by atoms with Crippen LogP contribution < -0.4 is 4.74 Å². The lowest BCUT2D eigenvalue weighted by Gasteiger charge is -2.09. The number of nitrogens with zero attached hydrogens (tertiary/aromatic N) is 2. The standard InChI is InChI=1S/C11H10N2O/c1-2-4-9(5-3-1)10-8-14-11-12-6-7-13(10)11/h1-7,10H,8H2. The van der Waals surface area contributed by atoms with Crippen molar-refractivity contribution in [1.82, 2.24) is 9.55 Å². The molecule has 2 aromatic rings. The van der Waals surface area contributed by atoms with Crippen LogP contribution in [0.15, 0.2) is 42.7 Å². The molecule has 1 unspecified atom stereocenters. The Hall–Kier alpha value is -1.77. The van der Waals surface area contributed by atoms with Crippen molar-refractivity contribution in [3.8, 4) is 6.01 Å². The fourth-order valence-corrected chi connectivity index (χ4v) is 1.81. The van der Waals surface area contributed by atoms with Gasteiger partial charge in [-0.15, -0.1) is 0 Å². The fourth-order valence-electron chi connectivity index (χ4n) is 1.81. The lowest BCUT2D eigenvalue weighted by atomic mass is 10.1. The molecule has 3 rings (SSSR count). The van der Waals surface area contributed by atoms with Crippen LogP contribution in [0.3, 0.4) is 0 Å². The van der Waals surface area contributed by atoms with Gasteiger partial charge in [0.25, 0.3) is 6.01 Å². The van der Waals surface area contributed by atoms with Crippen molar-refractivity contribution < 1.29 is 4.74 Å². The van der Waals surface area contributed by atoms with E-state index in [1.165, 1.54) is 5.56 Å². The normalized spacial score (nSPS) is 19.0. The maximum Gasteiger partial charge on any atom is 0.297 e. The molecule has 0 bridgehead atoms. The minimum atomic E-state index is 0.286. The van der Waals surface area contributed by atoms with Crippen LogP contribution in [0.1, 0.15) is 11.6 Å². The summed E-state index contributed by atoms with van der Waals surface area (Å²) in [6.07, 6.45) is 3.73. The summed E-state index contributed by atoms with van der Waals surface area (Å²) in [7, 11) is 0. The SMILES string of the molecule is c1ccc(C2COc3nccn32)cc1. The molecular weight excluding hydrogens is 176 g/mol. The van der Waals surface area contributed by atoms with Crippen LogP contribution >= 0.6 is 0 Å². The first-order chi connectivity index (χ1) is 6.95. The van der Waals surface area contributed by atoms with Crippen molar-refractivity contribution in [3.63, 3.8) is 0 Å². The van der Waals surface area contributed by atoms with E-state index in [1.807, 2.05) is 24.4 Å². The molecule has 1 aromatic heterocycles. The van der Waals surface area contributed by atoms with Crippen molar-refractivity contribution in [2.45, 2.75) is 6.04 Å². The van der Waals surface area contributed by atoms with Gasteiger partial charge in [0.2, 0.25) is 0 Å². The summed E-state index contributed by atoms with van der Waals surface area (Å²) in [5.41, 5.74) is 1.27. The third-order valence-corrected chi connectivity index (χ3v) is 2.52. The average molecular weight is 186 g/mol. The molecule has 1 aromatic carbocycles. The van der Waals surface area contributed by atoms with E-state index in [4.69, 9.17) is 4.74 Å². The molecule has 0 saturated carbocycles. The van der Waals surface area contributed by atoms with Crippen molar-refractivity contribution in [3.05, 3.63) is 48.3 Å². The Morgan fingerprint density at radius 2 is 2.14 bits per heavy atom. The summed E-state index contributed by atoms with van der Waals surface area (Å²) in [5, 5.41) is 0. The molecule has 2 heterocycles. The molecule has 0 N–H and O–H groups in total. The first-order valence-electron chi connectivity index (χ1n) is 4.66. The van der Waals surface area contributed by atoms with Gasteiger partial charge >= 0.3 is 0 Å². The second-order valence-electron chi connectivity index (χ2n) is 3.35. The van der Waals surface area contributed by atoms with E-state index in [2.05, 4.69) is 21.7 Å². The molecule has 1 atom stereocenters. The van der Waals surface area contributed by atoms with Gasteiger partial charge in [0.15, 0.2) is 0 Å². The van der Waals surface area contributed by atoms with Crippen LogP contribution in [0.2, 0.25) is 0 Å². The van der Waals surface area contributed by atoms with Crippen molar-refractivity contribution in [2.24, 2.45) is 0 Å². The summed E-state index contributed by atoms with van der Waals surface area (Å²) in [6.45, 7) is 0.688. The Morgan fingerprint density at radius 1 is 1.29 bits per heavy atom. The Kier molecular flexibility index (Phi) is 1.56. The predicted molar refractivity (Wildman–Crippen MR) is 52.3 cm³/mol. The maximum atomic E-state index is 5.46. The number of rotatable bonds is 1. The third kappa shape index (κ3) is 1.02. The molecule has 0 fully saturated rings. The van der Waals surface area contributed by atoms with E-state index in [9.17, 15) is 0 Å². The lowest BCUT2D eigenvalue weighted by molar-refractivity contribution is 0.331. The van der Waals surface area contributed by atoms with Gasteiger partial charge in [-0.3, -0.25) is 4.57 Å². The Bertz CT molecular complexity index is 436. The molecule has 0 spiro atoms. The van der Waals surface area contributed by atoms with Gasteiger partial charge in [0, 0.05) is 12.4 Å². The van der Waals surface area contributed by atoms with Gasteiger partial charge in [0.05, 0.1) is 6.04 Å². The highest BCUT2D eigenvalue weighted by molar-refractivity contribution is 5.24. The van der Waals surface area contributed by atoms with Gasteiger partial charge in [-0.25, -0.2) is 4.98 Å². The van der Waals surface area contributed by atoms with Crippen LogP contribution in [0.5, 0.6) is 6.01 Å². The Morgan fingerprint density at radius 3 is 3.00 bits per heavy atom. The molecule has 3 nitrogen and oxygen atoms in total. The number of benzene rings is 1. The van der Waals surface area contributed by atoms with E-state index in [-0.39, 0.29) is 6.04 Å². The first kappa shape index (κ1) is 7.62. The minimum Gasteiger partial charge on any atom is -0.462 e. The average Bonchev–Trinajstić information content (AvgIpc) is 2.79. The minimum absolute atomic E-state index is 0.286. The second-order valence-corrected chi connectivity index (χ2v) is 3.35. The zero-order valence-corrected chi connectivity index (χ0v) is 7.63. The van der Waals surface area contributed by atoms with E-state index < -0.39 is 0 Å². The molecule has 3 heteroatoms. The lowest BCUT2D eigenvalue weighted by Crippen LogP contribution is -2.07. The third-order valence-electron chi connectivity index (χ3n) is 2.52. The highest BCUT2D eigenvalue weighted by atomic mass is 16.5. The number of aromatic nitrogens is 2. The molecule has 0 amide bonds. The number of imidazole rings is 1. The van der Waals surface area contributed by atoms with Gasteiger partial charge in [-0.05, 0) is 5.56 Å². The van der Waals surface area contributed by atoms with E-state index >= 15 is 0 Å². The highest BCUT2D eigenvalue weighted by Gasteiger charge is 2.24. The van der Waals surface area contributed by atoms with Crippen molar-refractivity contribution in [1.29, 1.82) is 0 Å². The molecule has 70 valence electrons. The fraction of sp³-hybridized carbons (Fsp3) is 0.182. The maximum absolute atomic E-state index is 5.46. The second kappa shape index (κ2) is 2.87. The number of fused-ring (bicyclic) bond motifs is 1. The van der Waals surface area contributed by atoms with Gasteiger partial charge in [-0.2, -0.15) is 0 Å². The highest BCUT2D eigenvalue weighted by Crippen LogP contribution is 2.28. The van der Waals surface area contributed by atoms with Crippen molar-refractivity contribution in [2.75, 3.05) is 6.61 Å². The Balaban J connectivity index is 2.03. The summed E-state index contributed by atoms with van der Waals surface area (Å²) in [5.74, 6) is 0. The smallest absolute Gasteiger partial charge is 0.297 e. The number of ether oxygens (including phenoxy) is 1. The zero-order valence-electron chi connectivity index (χ0n) is 7.63. The molecule has 1 aliphatic heterocycles. The van der Waals surface area contributed by atoms with Gasteiger partial charge < -0.3 is 4.74 Å². The van der Waals surface area contributed by atoms with E-state index in [0.717, 1.165) is 6.01 Å². The van der Waals surface area contributed by atoms with E-state index in [1.54, 1.807) is 6.20 Å². The number of hydrogen-bond acceptors (Lipinski definition) is 2. The molecule has 0 aliphatic carbocycles. The summed E-state index contributed by atoms with van der Waals surface area (Å²) in [6, 6.07) is 11.3. The van der Waals surface area contributed by atoms with Crippen LogP contribution in [0.25, 0.3) is 0 Å². The van der Waals surface area contributed by atoms with Gasteiger partial charge in [-0.1, -0.05) is 30.3 Å². The summed E-state index contributed by atoms with van der Waals surface area (Å²) < 4.78 is 7.52. The first-order valence-corrected chi connectivity index (χ1v) is 4.66. The quantitative estimate of drug-likeness (QED) is 0.679. The molecule has 0 radical (unpaired) electrons. The van der Waals surface area contributed by atoms with Crippen LogP contribution in [0, 0.1) is 0 Å². The molecule has 14 heavy (non-hydrogen) atoms. The van der Waals surface area contributed by atoms with Crippen molar-refractivity contribution >= 4 is 0 Å². The molecule has 1 aliphatic rings. The van der Waals surface area contributed by atoms with Crippen LogP contribution in [-0.2, 0) is 0 Å². The summed E-state index contributed by atoms with van der Waals surface area (Å²) in [4.78, 5) is 4.11. The monoisotopic (exact) mass is 186 g/mol. The van der Waals surface area contributed by atoms with Crippen LogP contribution in [0.4, 0.5) is 0 Å². The topological polar surface area (TPSA) is 27.1 Å². The molecular formula is C11H10N2O.